The van der Waals surface area contributed by atoms with E-state index in [1.165, 1.54) is 10.7 Å². The summed E-state index contributed by atoms with van der Waals surface area (Å²) in [7, 11) is 0. The van der Waals surface area contributed by atoms with Crippen LogP contribution in [0.25, 0.3) is 5.69 Å². The van der Waals surface area contributed by atoms with Gasteiger partial charge in [0.15, 0.2) is 11.5 Å². The summed E-state index contributed by atoms with van der Waals surface area (Å²) in [6, 6.07) is 2.99. The second-order valence-corrected chi connectivity index (χ2v) is 8.32. The minimum absolute atomic E-state index is 0.0902. The maximum atomic E-state index is 14.3. The Hall–Kier alpha value is -2.49. The number of hydrogen-bond donors (Lipinski definition) is 1. The number of benzene rings is 1. The molecule has 1 saturated heterocycles. The average molecular weight is 426 g/mol. The number of nitrogens with one attached hydrogen (secondary N) is 1. The number of amides is 1. The molecule has 1 aromatic heterocycles. The van der Waals surface area contributed by atoms with Crippen LogP contribution in [-0.4, -0.2) is 52.4 Å². The zero-order valence-corrected chi connectivity index (χ0v) is 15.8. The highest BCUT2D eigenvalue weighted by Gasteiger charge is 2.50. The lowest BCUT2D eigenvalue weighted by atomic mass is 10.1. The Morgan fingerprint density at radius 2 is 2.00 bits per heavy atom. The van der Waals surface area contributed by atoms with Crippen molar-refractivity contribution in [3.05, 3.63) is 46.8 Å². The third kappa shape index (κ3) is 3.46. The van der Waals surface area contributed by atoms with E-state index in [1.54, 1.807) is 4.90 Å². The number of alkyl halides is 3. The number of rotatable bonds is 5. The van der Waals surface area contributed by atoms with E-state index >= 15 is 0 Å². The highest BCUT2D eigenvalue weighted by molar-refractivity contribution is 5.94. The highest BCUT2D eigenvalue weighted by Crippen LogP contribution is 2.57. The molecule has 1 aromatic carbocycles. The van der Waals surface area contributed by atoms with Gasteiger partial charge in [0.1, 0.15) is 11.5 Å². The van der Waals surface area contributed by atoms with Crippen LogP contribution in [-0.2, 0) is 6.42 Å². The minimum Gasteiger partial charge on any atom is -0.345 e. The summed E-state index contributed by atoms with van der Waals surface area (Å²) in [4.78, 5) is 14.4. The lowest BCUT2D eigenvalue weighted by Crippen LogP contribution is -2.59. The van der Waals surface area contributed by atoms with E-state index in [2.05, 4.69) is 10.4 Å². The molecule has 30 heavy (non-hydrogen) atoms. The molecule has 1 N–H and O–H groups in total. The molecule has 10 heteroatoms. The molecular formula is C20H19F5N4O. The fraction of sp³-hybridized carbons (Fsp3) is 0.500. The first-order chi connectivity index (χ1) is 14.2. The molecule has 1 saturated carbocycles. The van der Waals surface area contributed by atoms with Crippen molar-refractivity contribution in [2.24, 2.45) is 5.92 Å². The molecular weight excluding hydrogens is 407 g/mol. The predicted molar refractivity (Wildman–Crippen MR) is 96.4 cm³/mol. The van der Waals surface area contributed by atoms with Gasteiger partial charge in [0.2, 0.25) is 0 Å². The summed E-state index contributed by atoms with van der Waals surface area (Å²) in [6.07, 6.45) is -3.43. The molecule has 5 nitrogen and oxygen atoms in total. The number of carbonyl (C=O) groups is 1. The first-order valence-corrected chi connectivity index (χ1v) is 9.87. The van der Waals surface area contributed by atoms with Crippen LogP contribution in [0.2, 0.25) is 0 Å². The zero-order valence-electron chi connectivity index (χ0n) is 15.8. The third-order valence-electron chi connectivity index (χ3n) is 6.12. The number of halogens is 5. The topological polar surface area (TPSA) is 50.2 Å². The standard InChI is InChI=1S/C20H19F5N4O/c21-11-1-2-16(15(22)7-11)29-18-13-5-10(13)6-14(18)17(27-29)19(30)26-12-8-28(9-12)4-3-20(23,24)25/h1-2,7,10,12-13H,3-6,8-9H2,(H,26,30)/t10-,13-/m1/s1. The smallest absolute Gasteiger partial charge is 0.345 e. The van der Waals surface area contributed by atoms with E-state index in [9.17, 15) is 26.7 Å². The summed E-state index contributed by atoms with van der Waals surface area (Å²) in [5, 5.41) is 7.16. The Morgan fingerprint density at radius 3 is 2.70 bits per heavy atom. The van der Waals surface area contributed by atoms with Gasteiger partial charge < -0.3 is 5.32 Å². The van der Waals surface area contributed by atoms with Crippen molar-refractivity contribution in [1.82, 2.24) is 20.0 Å². The largest absolute Gasteiger partial charge is 0.390 e. The Morgan fingerprint density at radius 1 is 1.23 bits per heavy atom. The number of fused-ring (bicyclic) bond motifs is 3. The van der Waals surface area contributed by atoms with Crippen molar-refractivity contribution < 1.29 is 26.7 Å². The quantitative estimate of drug-likeness (QED) is 0.748. The van der Waals surface area contributed by atoms with Crippen molar-refractivity contribution >= 4 is 5.91 Å². The zero-order chi connectivity index (χ0) is 21.2. The lowest BCUT2D eigenvalue weighted by molar-refractivity contribution is -0.140. The summed E-state index contributed by atoms with van der Waals surface area (Å²) >= 11 is 0. The first-order valence-electron chi connectivity index (χ1n) is 9.87. The molecule has 0 bridgehead atoms. The molecule has 2 aromatic rings. The molecule has 5 rings (SSSR count). The number of likely N-dealkylation sites (tertiary alicyclic amines) is 1. The molecule has 0 radical (unpaired) electrons. The number of carbonyl (C=O) groups excluding carboxylic acids is 1. The van der Waals surface area contributed by atoms with Gasteiger partial charge in [0, 0.05) is 37.2 Å². The van der Waals surface area contributed by atoms with Crippen molar-refractivity contribution in [3.8, 4) is 5.69 Å². The lowest BCUT2D eigenvalue weighted by Gasteiger charge is -2.39. The van der Waals surface area contributed by atoms with Gasteiger partial charge >= 0.3 is 6.18 Å². The second kappa shape index (κ2) is 6.76. The summed E-state index contributed by atoms with van der Waals surface area (Å²) in [5.41, 5.74) is 1.90. The van der Waals surface area contributed by atoms with Gasteiger partial charge in [-0.05, 0) is 30.9 Å². The van der Waals surface area contributed by atoms with Crippen LogP contribution >= 0.6 is 0 Å². The second-order valence-electron chi connectivity index (χ2n) is 8.32. The van der Waals surface area contributed by atoms with Crippen LogP contribution in [0.15, 0.2) is 18.2 Å². The van der Waals surface area contributed by atoms with Crippen LogP contribution in [0.5, 0.6) is 0 Å². The molecule has 3 aliphatic rings. The minimum atomic E-state index is -4.20. The van der Waals surface area contributed by atoms with E-state index < -0.39 is 30.1 Å². The molecule has 2 heterocycles. The first kappa shape index (κ1) is 19.5. The van der Waals surface area contributed by atoms with E-state index in [-0.39, 0.29) is 29.9 Å². The van der Waals surface area contributed by atoms with Crippen molar-refractivity contribution in [1.29, 1.82) is 0 Å². The van der Waals surface area contributed by atoms with Gasteiger partial charge in [0.25, 0.3) is 5.91 Å². The average Bonchev–Trinajstić information content (AvgIpc) is 3.12. The van der Waals surface area contributed by atoms with E-state index in [4.69, 9.17) is 0 Å². The van der Waals surface area contributed by atoms with Gasteiger partial charge in [-0.25, -0.2) is 13.5 Å². The maximum Gasteiger partial charge on any atom is 0.390 e. The molecule has 1 amide bonds. The number of aromatic nitrogens is 2. The van der Waals surface area contributed by atoms with Crippen LogP contribution in [0.3, 0.4) is 0 Å². The van der Waals surface area contributed by atoms with E-state index in [0.717, 1.165) is 29.8 Å². The molecule has 0 unspecified atom stereocenters. The van der Waals surface area contributed by atoms with Crippen molar-refractivity contribution in [2.45, 2.75) is 37.4 Å². The molecule has 2 atom stereocenters. The Bertz CT molecular complexity index is 1010. The van der Waals surface area contributed by atoms with Gasteiger partial charge in [-0.3, -0.25) is 9.69 Å². The number of nitrogens with zero attached hydrogens (tertiary/aromatic N) is 3. The fourth-order valence-corrected chi connectivity index (χ4v) is 4.52. The Labute approximate surface area is 168 Å². The molecule has 2 fully saturated rings. The molecule has 1 aliphatic heterocycles. The summed E-state index contributed by atoms with van der Waals surface area (Å²) in [5.74, 6) is -1.21. The predicted octanol–water partition coefficient (Wildman–Crippen LogP) is 3.18. The van der Waals surface area contributed by atoms with Crippen molar-refractivity contribution in [2.75, 3.05) is 19.6 Å². The van der Waals surface area contributed by atoms with E-state index in [1.807, 2.05) is 0 Å². The third-order valence-corrected chi connectivity index (χ3v) is 6.12. The van der Waals surface area contributed by atoms with E-state index in [0.29, 0.717) is 25.4 Å². The van der Waals surface area contributed by atoms with Crippen LogP contribution in [0.1, 0.15) is 40.5 Å². The Kier molecular flexibility index (Phi) is 4.39. The van der Waals surface area contributed by atoms with Gasteiger partial charge in [-0.2, -0.15) is 18.3 Å². The highest BCUT2D eigenvalue weighted by atomic mass is 19.4. The van der Waals surface area contributed by atoms with Crippen LogP contribution < -0.4 is 5.32 Å². The van der Waals surface area contributed by atoms with Gasteiger partial charge in [0.05, 0.1) is 18.2 Å². The van der Waals surface area contributed by atoms with Crippen LogP contribution in [0.4, 0.5) is 22.0 Å². The van der Waals surface area contributed by atoms with Gasteiger partial charge in [-0.15, -0.1) is 0 Å². The van der Waals surface area contributed by atoms with Gasteiger partial charge in [-0.1, -0.05) is 0 Å². The monoisotopic (exact) mass is 426 g/mol. The molecule has 0 spiro atoms. The Balaban J connectivity index is 1.31. The fourth-order valence-electron chi connectivity index (χ4n) is 4.52. The summed E-state index contributed by atoms with van der Waals surface area (Å²) in [6.45, 7) is 0.609. The maximum absolute atomic E-state index is 14.3. The van der Waals surface area contributed by atoms with Crippen molar-refractivity contribution in [3.63, 3.8) is 0 Å². The molecule has 2 aliphatic carbocycles. The molecule has 160 valence electrons. The number of hydrogen-bond acceptors (Lipinski definition) is 3. The van der Waals surface area contributed by atoms with Crippen LogP contribution in [0, 0.1) is 17.6 Å². The summed E-state index contributed by atoms with van der Waals surface area (Å²) < 4.78 is 66.0. The SMILES string of the molecule is O=C(NC1CN(CCC(F)(F)F)C1)c1nn(-c2ccc(F)cc2F)c2c1C[C@H]1C[C@@H]21. The normalized spacial score (nSPS) is 23.1.